The third-order valence-electron chi connectivity index (χ3n) is 3.95. The van der Waals surface area contributed by atoms with E-state index in [9.17, 15) is 4.79 Å². The van der Waals surface area contributed by atoms with Crippen molar-refractivity contribution in [3.8, 4) is 0 Å². The number of carboxylic acids is 1. The minimum absolute atomic E-state index is 0.160. The van der Waals surface area contributed by atoms with E-state index in [0.29, 0.717) is 12.1 Å². The van der Waals surface area contributed by atoms with Crippen molar-refractivity contribution in [1.82, 2.24) is 9.80 Å². The Hall–Kier alpha value is -1.39. The van der Waals surface area contributed by atoms with Crippen LogP contribution in [0.2, 0.25) is 0 Å². The summed E-state index contributed by atoms with van der Waals surface area (Å²) in [6, 6.07) is 11.4. The number of carbonyl (C=O) groups is 1. The zero-order valence-corrected chi connectivity index (χ0v) is 12.3. The van der Waals surface area contributed by atoms with Crippen LogP contribution in [0.5, 0.6) is 0 Å². The second-order valence-electron chi connectivity index (χ2n) is 5.82. The van der Waals surface area contributed by atoms with Crippen LogP contribution in [-0.2, 0) is 11.3 Å². The number of nitrogens with zero attached hydrogens (tertiary/aromatic N) is 2. The lowest BCUT2D eigenvalue weighted by atomic mass is 10.1. The second kappa shape index (κ2) is 6.86. The maximum absolute atomic E-state index is 10.8. The molecule has 1 aliphatic heterocycles. The Bertz CT molecular complexity index is 433. The van der Waals surface area contributed by atoms with Crippen LogP contribution in [-0.4, -0.2) is 52.6 Å². The minimum atomic E-state index is -0.732. The van der Waals surface area contributed by atoms with E-state index in [4.69, 9.17) is 5.11 Å². The highest BCUT2D eigenvalue weighted by molar-refractivity contribution is 5.69. The van der Waals surface area contributed by atoms with E-state index in [-0.39, 0.29) is 6.54 Å². The Morgan fingerprint density at radius 1 is 1.40 bits per heavy atom. The molecular weight excluding hydrogens is 252 g/mol. The van der Waals surface area contributed by atoms with Gasteiger partial charge in [0.1, 0.15) is 0 Å². The van der Waals surface area contributed by atoms with Gasteiger partial charge in [-0.15, -0.1) is 0 Å². The van der Waals surface area contributed by atoms with E-state index < -0.39 is 5.97 Å². The third kappa shape index (κ3) is 4.05. The largest absolute Gasteiger partial charge is 0.480 e. The van der Waals surface area contributed by atoms with Gasteiger partial charge in [-0.25, -0.2) is 0 Å². The molecule has 0 unspecified atom stereocenters. The van der Waals surface area contributed by atoms with Gasteiger partial charge in [0.15, 0.2) is 0 Å². The van der Waals surface area contributed by atoms with Crippen molar-refractivity contribution in [1.29, 1.82) is 0 Å². The highest BCUT2D eigenvalue weighted by Gasteiger charge is 2.29. The van der Waals surface area contributed by atoms with Crippen LogP contribution in [0.25, 0.3) is 0 Å². The second-order valence-corrected chi connectivity index (χ2v) is 5.82. The molecule has 1 heterocycles. The van der Waals surface area contributed by atoms with Gasteiger partial charge in [-0.3, -0.25) is 14.6 Å². The average molecular weight is 276 g/mol. The zero-order valence-electron chi connectivity index (χ0n) is 12.3. The Morgan fingerprint density at radius 3 is 2.70 bits per heavy atom. The number of benzene rings is 1. The molecule has 0 saturated carbocycles. The normalized spacial score (nSPS) is 19.9. The summed E-state index contributed by atoms with van der Waals surface area (Å²) >= 11 is 0. The molecule has 0 spiro atoms. The summed E-state index contributed by atoms with van der Waals surface area (Å²) in [5.41, 5.74) is 1.32. The minimum Gasteiger partial charge on any atom is -0.480 e. The molecule has 0 amide bonds. The summed E-state index contributed by atoms with van der Waals surface area (Å²) in [6.07, 6.45) is 1.05. The molecule has 20 heavy (non-hydrogen) atoms. The fourth-order valence-electron chi connectivity index (χ4n) is 2.95. The van der Waals surface area contributed by atoms with Crippen molar-refractivity contribution in [2.75, 3.05) is 19.6 Å². The van der Waals surface area contributed by atoms with Gasteiger partial charge in [0, 0.05) is 31.7 Å². The summed E-state index contributed by atoms with van der Waals surface area (Å²) in [6.45, 7) is 7.26. The average Bonchev–Trinajstić information content (AvgIpc) is 2.84. The van der Waals surface area contributed by atoms with Crippen molar-refractivity contribution in [2.45, 2.75) is 38.9 Å². The molecule has 1 saturated heterocycles. The van der Waals surface area contributed by atoms with Crippen LogP contribution in [0, 0.1) is 0 Å². The van der Waals surface area contributed by atoms with Crippen LogP contribution < -0.4 is 0 Å². The Morgan fingerprint density at radius 2 is 2.10 bits per heavy atom. The van der Waals surface area contributed by atoms with Gasteiger partial charge >= 0.3 is 5.97 Å². The zero-order chi connectivity index (χ0) is 14.5. The smallest absolute Gasteiger partial charge is 0.317 e. The highest BCUT2D eigenvalue weighted by Crippen LogP contribution is 2.20. The number of rotatable bonds is 6. The molecule has 4 nitrogen and oxygen atoms in total. The predicted octanol–water partition coefficient (Wildman–Crippen LogP) is 2.06. The van der Waals surface area contributed by atoms with E-state index in [2.05, 4.69) is 43.0 Å². The van der Waals surface area contributed by atoms with Crippen molar-refractivity contribution in [3.05, 3.63) is 35.9 Å². The van der Waals surface area contributed by atoms with Gasteiger partial charge in [0.05, 0.1) is 6.54 Å². The molecule has 0 bridgehead atoms. The Labute approximate surface area is 121 Å². The summed E-state index contributed by atoms with van der Waals surface area (Å²) in [4.78, 5) is 15.3. The van der Waals surface area contributed by atoms with Crippen molar-refractivity contribution in [2.24, 2.45) is 0 Å². The fraction of sp³-hybridized carbons (Fsp3) is 0.562. The van der Waals surface area contributed by atoms with Gasteiger partial charge in [-0.2, -0.15) is 0 Å². The fourth-order valence-corrected chi connectivity index (χ4v) is 2.95. The van der Waals surface area contributed by atoms with Crippen LogP contribution in [0.1, 0.15) is 25.8 Å². The Balaban J connectivity index is 1.98. The van der Waals surface area contributed by atoms with Crippen LogP contribution in [0.15, 0.2) is 30.3 Å². The van der Waals surface area contributed by atoms with Crippen molar-refractivity contribution < 1.29 is 9.90 Å². The first-order valence-electron chi connectivity index (χ1n) is 7.30. The van der Waals surface area contributed by atoms with Crippen LogP contribution >= 0.6 is 0 Å². The standard InChI is InChI=1S/C16H24N2O2/c1-13(2)18(10-14-6-4-3-5-7-14)15-8-9-17(11-15)12-16(19)20/h3-7,13,15H,8-12H2,1-2H3,(H,19,20)/t15-/m0/s1. The van der Waals surface area contributed by atoms with Gasteiger partial charge in [-0.05, 0) is 25.8 Å². The van der Waals surface area contributed by atoms with E-state index in [1.807, 2.05) is 11.0 Å². The summed E-state index contributed by atoms with van der Waals surface area (Å²) in [7, 11) is 0. The summed E-state index contributed by atoms with van der Waals surface area (Å²) in [5.74, 6) is -0.732. The van der Waals surface area contributed by atoms with Crippen LogP contribution in [0.4, 0.5) is 0 Å². The SMILES string of the molecule is CC(C)N(Cc1ccccc1)[C@H]1CCN(CC(=O)O)C1. The molecule has 2 rings (SSSR count). The predicted molar refractivity (Wildman–Crippen MR) is 79.6 cm³/mol. The number of hydrogen-bond donors (Lipinski definition) is 1. The molecule has 0 radical (unpaired) electrons. The first kappa shape index (κ1) is 15.0. The number of aliphatic carboxylic acids is 1. The lowest BCUT2D eigenvalue weighted by molar-refractivity contribution is -0.138. The van der Waals surface area contributed by atoms with Crippen molar-refractivity contribution in [3.63, 3.8) is 0 Å². The van der Waals surface area contributed by atoms with Gasteiger partial charge in [0.2, 0.25) is 0 Å². The van der Waals surface area contributed by atoms with E-state index in [0.717, 1.165) is 26.1 Å². The summed E-state index contributed by atoms with van der Waals surface area (Å²) in [5, 5.41) is 8.89. The third-order valence-corrected chi connectivity index (χ3v) is 3.95. The maximum Gasteiger partial charge on any atom is 0.317 e. The molecule has 1 aliphatic rings. The topological polar surface area (TPSA) is 43.8 Å². The van der Waals surface area contributed by atoms with Crippen LogP contribution in [0.3, 0.4) is 0 Å². The monoisotopic (exact) mass is 276 g/mol. The van der Waals surface area contributed by atoms with Gasteiger partial charge < -0.3 is 5.11 Å². The first-order valence-corrected chi connectivity index (χ1v) is 7.30. The van der Waals surface area contributed by atoms with E-state index in [1.54, 1.807) is 0 Å². The first-order chi connectivity index (χ1) is 9.56. The molecule has 0 aliphatic carbocycles. The lowest BCUT2D eigenvalue weighted by Crippen LogP contribution is -2.42. The summed E-state index contributed by atoms with van der Waals surface area (Å²) < 4.78 is 0. The van der Waals surface area contributed by atoms with E-state index >= 15 is 0 Å². The number of hydrogen-bond acceptors (Lipinski definition) is 3. The highest BCUT2D eigenvalue weighted by atomic mass is 16.4. The Kier molecular flexibility index (Phi) is 5.15. The number of carboxylic acid groups (broad SMARTS) is 1. The molecule has 1 aromatic carbocycles. The van der Waals surface area contributed by atoms with E-state index in [1.165, 1.54) is 5.56 Å². The molecule has 110 valence electrons. The molecule has 1 atom stereocenters. The molecular formula is C16H24N2O2. The van der Waals surface area contributed by atoms with Gasteiger partial charge in [0.25, 0.3) is 0 Å². The lowest BCUT2D eigenvalue weighted by Gasteiger charge is -2.32. The molecule has 0 aromatic heterocycles. The molecule has 1 N–H and O–H groups in total. The van der Waals surface area contributed by atoms with Gasteiger partial charge in [-0.1, -0.05) is 30.3 Å². The molecule has 1 aromatic rings. The maximum atomic E-state index is 10.8. The quantitative estimate of drug-likeness (QED) is 0.863. The molecule has 4 heteroatoms. The number of likely N-dealkylation sites (tertiary alicyclic amines) is 1. The van der Waals surface area contributed by atoms with Crippen molar-refractivity contribution >= 4 is 5.97 Å². The molecule has 1 fully saturated rings.